The van der Waals surface area contributed by atoms with Crippen LogP contribution in [0.15, 0.2) is 30.4 Å². The van der Waals surface area contributed by atoms with Crippen molar-refractivity contribution in [1.29, 1.82) is 0 Å². The molecular weight excluding hydrogens is 212 g/mol. The Morgan fingerprint density at radius 3 is 2.71 bits per heavy atom. The minimum atomic E-state index is 0.354. The van der Waals surface area contributed by atoms with Crippen molar-refractivity contribution < 1.29 is 9.47 Å². The molecular formula is C15H16O2. The first-order chi connectivity index (χ1) is 8.33. The highest BCUT2D eigenvalue weighted by molar-refractivity contribution is 5.45. The van der Waals surface area contributed by atoms with Crippen LogP contribution < -0.4 is 9.47 Å². The van der Waals surface area contributed by atoms with Crippen molar-refractivity contribution in [1.82, 2.24) is 0 Å². The summed E-state index contributed by atoms with van der Waals surface area (Å²) in [6.45, 7) is 4.63. The maximum absolute atomic E-state index is 5.40. The van der Waals surface area contributed by atoms with Crippen LogP contribution in [0.1, 0.15) is 18.4 Å². The molecule has 0 saturated heterocycles. The molecule has 3 aliphatic rings. The second kappa shape index (κ2) is 3.28. The van der Waals surface area contributed by atoms with Crippen molar-refractivity contribution >= 4 is 0 Å². The van der Waals surface area contributed by atoms with Crippen LogP contribution in [0.2, 0.25) is 0 Å². The van der Waals surface area contributed by atoms with Gasteiger partial charge >= 0.3 is 0 Å². The summed E-state index contributed by atoms with van der Waals surface area (Å²) >= 11 is 0. The van der Waals surface area contributed by atoms with Crippen LogP contribution in [0.3, 0.4) is 0 Å². The molecule has 0 radical (unpaired) electrons. The average Bonchev–Trinajstić information content (AvgIpc) is 2.67. The molecule has 1 aliphatic heterocycles. The molecule has 2 aliphatic carbocycles. The minimum absolute atomic E-state index is 0.354. The molecule has 0 N–H and O–H groups in total. The molecule has 0 aromatic heterocycles. The van der Waals surface area contributed by atoms with Gasteiger partial charge in [-0.2, -0.15) is 0 Å². The molecule has 2 fully saturated rings. The van der Waals surface area contributed by atoms with Crippen molar-refractivity contribution in [2.75, 3.05) is 6.79 Å². The number of rotatable bonds is 3. The molecule has 2 atom stereocenters. The number of hydrogen-bond donors (Lipinski definition) is 0. The number of ether oxygens (including phenoxy) is 2. The standard InChI is InChI=1S/C15H16O2/c1-9(15-11-3-4-12(11)15)6-10-2-5-13-14(7-10)17-8-16-13/h2,5,7,11-12,15H,1,3-4,6,8H2. The van der Waals surface area contributed by atoms with Gasteiger partial charge in [0.1, 0.15) is 0 Å². The lowest BCUT2D eigenvalue weighted by molar-refractivity contribution is 0.174. The summed E-state index contributed by atoms with van der Waals surface area (Å²) in [6.07, 6.45) is 3.85. The van der Waals surface area contributed by atoms with Gasteiger partial charge in [-0.15, -0.1) is 0 Å². The van der Waals surface area contributed by atoms with E-state index in [0.29, 0.717) is 6.79 Å². The van der Waals surface area contributed by atoms with E-state index in [9.17, 15) is 0 Å². The first-order valence-corrected chi connectivity index (χ1v) is 6.39. The van der Waals surface area contributed by atoms with Gasteiger partial charge in [0.2, 0.25) is 6.79 Å². The molecule has 0 amide bonds. The first-order valence-electron chi connectivity index (χ1n) is 6.39. The van der Waals surface area contributed by atoms with Crippen LogP contribution >= 0.6 is 0 Å². The molecule has 88 valence electrons. The van der Waals surface area contributed by atoms with Gasteiger partial charge in [-0.3, -0.25) is 0 Å². The summed E-state index contributed by atoms with van der Waals surface area (Å²) in [7, 11) is 0. The van der Waals surface area contributed by atoms with E-state index in [1.54, 1.807) is 0 Å². The second-order valence-electron chi connectivity index (χ2n) is 5.45. The van der Waals surface area contributed by atoms with E-state index >= 15 is 0 Å². The Morgan fingerprint density at radius 2 is 1.94 bits per heavy atom. The fraction of sp³-hybridized carbons (Fsp3) is 0.467. The van der Waals surface area contributed by atoms with E-state index in [0.717, 1.165) is 35.7 Å². The van der Waals surface area contributed by atoms with E-state index < -0.39 is 0 Å². The monoisotopic (exact) mass is 228 g/mol. The quantitative estimate of drug-likeness (QED) is 0.740. The van der Waals surface area contributed by atoms with E-state index in [1.165, 1.54) is 24.0 Å². The van der Waals surface area contributed by atoms with Gasteiger partial charge in [0, 0.05) is 0 Å². The zero-order valence-electron chi connectivity index (χ0n) is 9.82. The molecule has 0 bridgehead atoms. The Kier molecular flexibility index (Phi) is 1.85. The summed E-state index contributed by atoms with van der Waals surface area (Å²) in [6, 6.07) is 6.23. The van der Waals surface area contributed by atoms with Crippen molar-refractivity contribution in [3.63, 3.8) is 0 Å². The fourth-order valence-electron chi connectivity index (χ4n) is 3.39. The lowest BCUT2D eigenvalue weighted by atomic mass is 10.0. The number of hydrogen-bond acceptors (Lipinski definition) is 2. The molecule has 2 unspecified atom stereocenters. The Hall–Kier alpha value is -1.44. The zero-order chi connectivity index (χ0) is 11.4. The molecule has 2 heteroatoms. The molecule has 1 heterocycles. The Morgan fingerprint density at radius 1 is 1.18 bits per heavy atom. The summed E-state index contributed by atoms with van der Waals surface area (Å²) in [4.78, 5) is 0. The molecule has 17 heavy (non-hydrogen) atoms. The van der Waals surface area contributed by atoms with Gasteiger partial charge in [-0.25, -0.2) is 0 Å². The molecule has 2 saturated carbocycles. The van der Waals surface area contributed by atoms with Crippen molar-refractivity contribution in [2.24, 2.45) is 17.8 Å². The van der Waals surface area contributed by atoms with Crippen molar-refractivity contribution in [3.8, 4) is 11.5 Å². The molecule has 0 spiro atoms. The number of allylic oxidation sites excluding steroid dienone is 1. The molecule has 1 aromatic rings. The van der Waals surface area contributed by atoms with Crippen LogP contribution in [-0.4, -0.2) is 6.79 Å². The fourth-order valence-corrected chi connectivity index (χ4v) is 3.39. The van der Waals surface area contributed by atoms with Gasteiger partial charge in [-0.05, 0) is 54.7 Å². The van der Waals surface area contributed by atoms with Crippen LogP contribution in [-0.2, 0) is 6.42 Å². The third kappa shape index (κ3) is 1.40. The summed E-state index contributed by atoms with van der Waals surface area (Å²) in [5.74, 6) is 4.54. The Labute approximate surface area is 101 Å². The van der Waals surface area contributed by atoms with Crippen LogP contribution in [0.5, 0.6) is 11.5 Å². The lowest BCUT2D eigenvalue weighted by Crippen LogP contribution is -1.93. The number of fused-ring (bicyclic) bond motifs is 2. The highest BCUT2D eigenvalue weighted by atomic mass is 16.7. The van der Waals surface area contributed by atoms with Crippen LogP contribution in [0.4, 0.5) is 0 Å². The van der Waals surface area contributed by atoms with Crippen LogP contribution in [0.25, 0.3) is 0 Å². The van der Waals surface area contributed by atoms with E-state index in [-0.39, 0.29) is 0 Å². The number of benzene rings is 1. The maximum Gasteiger partial charge on any atom is 0.231 e. The Balaban J connectivity index is 1.50. The second-order valence-corrected chi connectivity index (χ2v) is 5.45. The van der Waals surface area contributed by atoms with E-state index in [4.69, 9.17) is 9.47 Å². The zero-order valence-corrected chi connectivity index (χ0v) is 9.82. The smallest absolute Gasteiger partial charge is 0.231 e. The van der Waals surface area contributed by atoms with Gasteiger partial charge < -0.3 is 9.47 Å². The highest BCUT2D eigenvalue weighted by Gasteiger charge is 2.56. The van der Waals surface area contributed by atoms with Crippen molar-refractivity contribution in [3.05, 3.63) is 35.9 Å². The highest BCUT2D eigenvalue weighted by Crippen LogP contribution is 2.64. The summed E-state index contributed by atoms with van der Waals surface area (Å²) in [5.41, 5.74) is 2.71. The van der Waals surface area contributed by atoms with Gasteiger partial charge in [0.25, 0.3) is 0 Å². The van der Waals surface area contributed by atoms with Gasteiger partial charge in [0.05, 0.1) is 0 Å². The van der Waals surface area contributed by atoms with E-state index in [1.807, 2.05) is 6.07 Å². The average molecular weight is 228 g/mol. The van der Waals surface area contributed by atoms with Gasteiger partial charge in [-0.1, -0.05) is 18.2 Å². The topological polar surface area (TPSA) is 18.5 Å². The lowest BCUT2D eigenvalue weighted by Gasteiger charge is -2.05. The summed E-state index contributed by atoms with van der Waals surface area (Å²) in [5, 5.41) is 0. The summed E-state index contributed by atoms with van der Waals surface area (Å²) < 4.78 is 10.7. The molecule has 4 rings (SSSR count). The van der Waals surface area contributed by atoms with E-state index in [2.05, 4.69) is 18.7 Å². The minimum Gasteiger partial charge on any atom is -0.454 e. The van der Waals surface area contributed by atoms with Gasteiger partial charge in [0.15, 0.2) is 11.5 Å². The predicted molar refractivity (Wildman–Crippen MR) is 65.1 cm³/mol. The third-order valence-corrected chi connectivity index (χ3v) is 4.50. The Bertz CT molecular complexity index is 482. The SMILES string of the molecule is C=C(Cc1ccc2c(c1)OCO2)C1C2CCC21. The molecule has 1 aromatic carbocycles. The first kappa shape index (κ1) is 9.58. The predicted octanol–water partition coefficient (Wildman–Crippen LogP) is 3.17. The van der Waals surface area contributed by atoms with Crippen molar-refractivity contribution in [2.45, 2.75) is 19.3 Å². The normalized spacial score (nSPS) is 31.6. The maximum atomic E-state index is 5.40. The third-order valence-electron chi connectivity index (χ3n) is 4.50. The largest absolute Gasteiger partial charge is 0.454 e. The molecule has 2 nitrogen and oxygen atoms in total. The van der Waals surface area contributed by atoms with Crippen LogP contribution in [0, 0.1) is 17.8 Å².